The number of aliphatic hydroxyl groups excluding tert-OH is 4. The van der Waals surface area contributed by atoms with Gasteiger partial charge in [-0.3, -0.25) is 0 Å². The summed E-state index contributed by atoms with van der Waals surface area (Å²) in [5.41, 5.74) is 0.626. The van der Waals surface area contributed by atoms with Gasteiger partial charge >= 0.3 is 5.97 Å². The van der Waals surface area contributed by atoms with Crippen LogP contribution in [0.2, 0.25) is 0 Å². The zero-order valence-electron chi connectivity index (χ0n) is 12.0. The van der Waals surface area contributed by atoms with Gasteiger partial charge in [0, 0.05) is 6.08 Å². The fourth-order valence-corrected chi connectivity index (χ4v) is 2.12. The van der Waals surface area contributed by atoms with Crippen LogP contribution in [0.4, 0.5) is 0 Å². The minimum Gasteiger partial charge on any atom is -0.508 e. The number of aliphatic hydroxyl groups is 4. The number of carbonyl (C=O) groups excluding carboxylic acids is 1. The second-order valence-electron chi connectivity index (χ2n) is 5.06. The molecule has 5 atom stereocenters. The molecule has 126 valence electrons. The largest absolute Gasteiger partial charge is 0.508 e. The number of aromatic hydroxyl groups is 1. The van der Waals surface area contributed by atoms with Crippen LogP contribution in [0.5, 0.6) is 5.75 Å². The van der Waals surface area contributed by atoms with Crippen molar-refractivity contribution in [3.05, 3.63) is 35.9 Å². The van der Waals surface area contributed by atoms with Crippen molar-refractivity contribution < 1.29 is 39.8 Å². The summed E-state index contributed by atoms with van der Waals surface area (Å²) in [7, 11) is 0. The smallest absolute Gasteiger partial charge is 0.331 e. The molecule has 1 heterocycles. The van der Waals surface area contributed by atoms with Gasteiger partial charge in [-0.2, -0.15) is 0 Å². The van der Waals surface area contributed by atoms with Crippen LogP contribution >= 0.6 is 0 Å². The van der Waals surface area contributed by atoms with Crippen LogP contribution in [0.25, 0.3) is 6.08 Å². The van der Waals surface area contributed by atoms with Crippen molar-refractivity contribution in [1.82, 2.24) is 0 Å². The fourth-order valence-electron chi connectivity index (χ4n) is 2.12. The second-order valence-corrected chi connectivity index (χ2v) is 5.06. The van der Waals surface area contributed by atoms with E-state index in [1.165, 1.54) is 18.2 Å². The topological polar surface area (TPSA) is 137 Å². The lowest BCUT2D eigenvalue weighted by atomic mass is 9.99. The van der Waals surface area contributed by atoms with E-state index in [0.717, 1.165) is 6.08 Å². The van der Waals surface area contributed by atoms with Gasteiger partial charge < -0.3 is 35.0 Å². The van der Waals surface area contributed by atoms with Crippen molar-refractivity contribution >= 4 is 12.0 Å². The SMILES string of the molecule is O=C(/C=C/c1ccc(O)cc1)O[C@H]1C(O)O[C@H](CO)[C@@H](O)[C@@H]1O. The summed E-state index contributed by atoms with van der Waals surface area (Å²) < 4.78 is 9.76. The molecule has 0 aromatic heterocycles. The molecule has 1 unspecified atom stereocenters. The molecule has 1 fully saturated rings. The quantitative estimate of drug-likeness (QED) is 0.342. The molecule has 1 aliphatic heterocycles. The summed E-state index contributed by atoms with van der Waals surface area (Å²) in [6.45, 7) is -0.600. The molecule has 2 rings (SSSR count). The number of phenolic OH excluding ortho intramolecular Hbond substituents is 1. The number of carbonyl (C=O) groups is 1. The van der Waals surface area contributed by atoms with Crippen LogP contribution in [-0.2, 0) is 14.3 Å². The third-order valence-electron chi connectivity index (χ3n) is 3.40. The van der Waals surface area contributed by atoms with Crippen molar-refractivity contribution in [3.8, 4) is 5.75 Å². The monoisotopic (exact) mass is 326 g/mol. The lowest BCUT2D eigenvalue weighted by molar-refractivity contribution is -0.289. The van der Waals surface area contributed by atoms with Gasteiger partial charge in [-0.25, -0.2) is 4.79 Å². The average molecular weight is 326 g/mol. The first-order valence-corrected chi connectivity index (χ1v) is 6.90. The summed E-state index contributed by atoms with van der Waals surface area (Å²) in [6, 6.07) is 6.03. The molecule has 0 amide bonds. The molecule has 5 N–H and O–H groups in total. The van der Waals surface area contributed by atoms with Crippen molar-refractivity contribution in [2.75, 3.05) is 6.61 Å². The van der Waals surface area contributed by atoms with Crippen LogP contribution < -0.4 is 0 Å². The molecule has 0 bridgehead atoms. The Bertz CT molecular complexity index is 555. The van der Waals surface area contributed by atoms with Crippen molar-refractivity contribution in [2.45, 2.75) is 30.7 Å². The lowest BCUT2D eigenvalue weighted by Gasteiger charge is -2.39. The average Bonchev–Trinajstić information content (AvgIpc) is 2.54. The number of ether oxygens (including phenoxy) is 2. The Morgan fingerprint density at radius 1 is 1.17 bits per heavy atom. The van der Waals surface area contributed by atoms with E-state index in [1.54, 1.807) is 12.1 Å². The molecule has 1 aliphatic rings. The predicted octanol–water partition coefficient (Wildman–Crippen LogP) is -1.25. The van der Waals surface area contributed by atoms with E-state index in [0.29, 0.717) is 5.56 Å². The minimum absolute atomic E-state index is 0.0859. The first kappa shape index (κ1) is 17.4. The third-order valence-corrected chi connectivity index (χ3v) is 3.40. The Hall–Kier alpha value is -1.97. The zero-order valence-corrected chi connectivity index (χ0v) is 12.0. The van der Waals surface area contributed by atoms with E-state index < -0.39 is 43.3 Å². The summed E-state index contributed by atoms with van der Waals surface area (Å²) in [5, 5.41) is 47.3. The minimum atomic E-state index is -1.67. The summed E-state index contributed by atoms with van der Waals surface area (Å²) in [5.74, 6) is -0.776. The second kappa shape index (κ2) is 7.53. The number of rotatable bonds is 4. The standard InChI is InChI=1S/C15H18O8/c16-7-10-12(19)13(20)14(15(21)22-10)23-11(18)6-3-8-1-4-9(17)5-2-8/h1-6,10,12-17,19-21H,7H2/b6-3+/t10-,12-,13+,14-,15?/m1/s1. The Balaban J connectivity index is 1.97. The molecule has 1 saturated heterocycles. The highest BCUT2D eigenvalue weighted by Gasteiger charge is 2.45. The van der Waals surface area contributed by atoms with E-state index in [4.69, 9.17) is 19.7 Å². The Morgan fingerprint density at radius 2 is 1.83 bits per heavy atom. The van der Waals surface area contributed by atoms with Crippen LogP contribution in [-0.4, -0.2) is 68.8 Å². The maximum atomic E-state index is 11.7. The molecule has 8 nitrogen and oxygen atoms in total. The van der Waals surface area contributed by atoms with Crippen molar-refractivity contribution in [2.24, 2.45) is 0 Å². The van der Waals surface area contributed by atoms with E-state index in [1.807, 2.05) is 0 Å². The summed E-state index contributed by atoms with van der Waals surface area (Å²) in [4.78, 5) is 11.7. The Labute approximate surface area is 131 Å². The molecule has 23 heavy (non-hydrogen) atoms. The number of hydrogen-bond donors (Lipinski definition) is 5. The molecular formula is C15H18O8. The van der Waals surface area contributed by atoms with Crippen LogP contribution in [0.1, 0.15) is 5.56 Å². The number of esters is 1. The van der Waals surface area contributed by atoms with Gasteiger partial charge in [0.15, 0.2) is 12.4 Å². The maximum absolute atomic E-state index is 11.7. The normalized spacial score (nSPS) is 31.2. The maximum Gasteiger partial charge on any atom is 0.331 e. The van der Waals surface area contributed by atoms with Gasteiger partial charge in [0.2, 0.25) is 0 Å². The van der Waals surface area contributed by atoms with E-state index in [2.05, 4.69) is 0 Å². The predicted molar refractivity (Wildman–Crippen MR) is 77.0 cm³/mol. The molecule has 1 aromatic carbocycles. The zero-order chi connectivity index (χ0) is 17.0. The molecule has 1 aromatic rings. The number of hydrogen-bond acceptors (Lipinski definition) is 8. The van der Waals surface area contributed by atoms with Gasteiger partial charge in [0.05, 0.1) is 6.61 Å². The molecular weight excluding hydrogens is 308 g/mol. The van der Waals surface area contributed by atoms with Crippen LogP contribution in [0.3, 0.4) is 0 Å². The first-order chi connectivity index (χ1) is 10.9. The highest BCUT2D eigenvalue weighted by Crippen LogP contribution is 2.22. The Kier molecular flexibility index (Phi) is 5.69. The molecule has 0 saturated carbocycles. The van der Waals surface area contributed by atoms with E-state index in [9.17, 15) is 20.1 Å². The number of benzene rings is 1. The molecule has 8 heteroatoms. The van der Waals surface area contributed by atoms with Gasteiger partial charge in [0.1, 0.15) is 24.1 Å². The highest BCUT2D eigenvalue weighted by molar-refractivity contribution is 5.87. The van der Waals surface area contributed by atoms with E-state index >= 15 is 0 Å². The van der Waals surface area contributed by atoms with Gasteiger partial charge in [-0.15, -0.1) is 0 Å². The van der Waals surface area contributed by atoms with Crippen LogP contribution in [0, 0.1) is 0 Å². The van der Waals surface area contributed by atoms with Gasteiger partial charge in [-0.05, 0) is 23.8 Å². The Morgan fingerprint density at radius 3 is 2.43 bits per heavy atom. The van der Waals surface area contributed by atoms with Gasteiger partial charge in [-0.1, -0.05) is 12.1 Å². The number of phenols is 1. The van der Waals surface area contributed by atoms with Crippen molar-refractivity contribution in [1.29, 1.82) is 0 Å². The third kappa shape index (κ3) is 4.27. The van der Waals surface area contributed by atoms with Crippen LogP contribution in [0.15, 0.2) is 30.3 Å². The summed E-state index contributed by atoms with van der Waals surface area (Å²) >= 11 is 0. The van der Waals surface area contributed by atoms with Gasteiger partial charge in [0.25, 0.3) is 0 Å². The molecule has 0 aliphatic carbocycles. The summed E-state index contributed by atoms with van der Waals surface area (Å²) in [6.07, 6.45) is -4.93. The lowest BCUT2D eigenvalue weighted by Crippen LogP contribution is -2.59. The molecule has 0 spiro atoms. The van der Waals surface area contributed by atoms with Crippen molar-refractivity contribution in [3.63, 3.8) is 0 Å². The first-order valence-electron chi connectivity index (χ1n) is 6.90. The molecule has 0 radical (unpaired) electrons. The highest BCUT2D eigenvalue weighted by atomic mass is 16.7. The fraction of sp³-hybridized carbons (Fsp3) is 0.400. The van der Waals surface area contributed by atoms with E-state index in [-0.39, 0.29) is 5.75 Å².